The molecule has 0 saturated carbocycles. The molecule has 6 nitrogen and oxygen atoms in total. The number of imidazole rings is 1. The van der Waals surface area contributed by atoms with Gasteiger partial charge in [-0.1, -0.05) is 29.8 Å². The number of likely N-dealkylation sites (tertiary alicyclic amines) is 1. The summed E-state index contributed by atoms with van der Waals surface area (Å²) in [7, 11) is 0. The molecule has 25 heavy (non-hydrogen) atoms. The largest absolute Gasteiger partial charge is 0.349 e. The zero-order chi connectivity index (χ0) is 16.9. The van der Waals surface area contributed by atoms with Crippen LogP contribution in [0.4, 0.5) is 0 Å². The third kappa shape index (κ3) is 4.14. The van der Waals surface area contributed by atoms with Crippen LogP contribution in [-0.2, 0) is 19.4 Å². The number of aryl methyl sites for hydroxylation is 2. The predicted molar refractivity (Wildman–Crippen MR) is 94.9 cm³/mol. The summed E-state index contributed by atoms with van der Waals surface area (Å²) in [6.07, 6.45) is 9.01. The van der Waals surface area contributed by atoms with Crippen LogP contribution in [0.2, 0.25) is 0 Å². The van der Waals surface area contributed by atoms with E-state index >= 15 is 0 Å². The Morgan fingerprint density at radius 2 is 2.04 bits per heavy atom. The Balaban J connectivity index is 1.41. The molecule has 130 valence electrons. The van der Waals surface area contributed by atoms with Crippen molar-refractivity contribution < 1.29 is 4.52 Å². The van der Waals surface area contributed by atoms with Gasteiger partial charge in [-0.25, -0.2) is 4.98 Å². The lowest BCUT2D eigenvalue weighted by atomic mass is 10.1. The predicted octanol–water partition coefficient (Wildman–Crippen LogP) is 3.23. The number of benzene rings is 1. The summed E-state index contributed by atoms with van der Waals surface area (Å²) in [6, 6.07) is 8.47. The molecule has 1 aromatic carbocycles. The van der Waals surface area contributed by atoms with Gasteiger partial charge in [0.2, 0.25) is 11.7 Å². The van der Waals surface area contributed by atoms with Crippen LogP contribution in [0.25, 0.3) is 11.4 Å². The third-order valence-electron chi connectivity index (χ3n) is 4.64. The van der Waals surface area contributed by atoms with Crippen molar-refractivity contribution >= 4 is 0 Å². The second kappa shape index (κ2) is 7.61. The first-order valence-electron chi connectivity index (χ1n) is 8.99. The zero-order valence-electron chi connectivity index (χ0n) is 14.3. The number of nitrogens with one attached hydrogen (secondary N) is 1. The second-order valence-electron chi connectivity index (χ2n) is 6.58. The normalized spacial score (nSPS) is 15.5. The number of aromatic nitrogens is 4. The maximum absolute atomic E-state index is 5.39. The molecule has 0 radical (unpaired) electrons. The van der Waals surface area contributed by atoms with E-state index in [-0.39, 0.29) is 0 Å². The van der Waals surface area contributed by atoms with E-state index in [0.29, 0.717) is 18.1 Å². The molecular formula is C19H23N5O. The minimum atomic E-state index is 0.646. The van der Waals surface area contributed by atoms with Crippen LogP contribution in [0.1, 0.15) is 36.5 Å². The summed E-state index contributed by atoms with van der Waals surface area (Å²) in [5.41, 5.74) is 2.32. The van der Waals surface area contributed by atoms with Crippen molar-refractivity contribution in [2.24, 2.45) is 0 Å². The van der Waals surface area contributed by atoms with Gasteiger partial charge in [-0.05, 0) is 37.6 Å². The highest BCUT2D eigenvalue weighted by atomic mass is 16.5. The number of H-pyrrole nitrogens is 1. The average Bonchev–Trinajstić information content (AvgIpc) is 3.33. The quantitative estimate of drug-likeness (QED) is 0.748. The van der Waals surface area contributed by atoms with Gasteiger partial charge in [0.15, 0.2) is 0 Å². The summed E-state index contributed by atoms with van der Waals surface area (Å²) < 4.78 is 5.39. The molecule has 2 aromatic heterocycles. The van der Waals surface area contributed by atoms with Gasteiger partial charge in [0, 0.05) is 37.3 Å². The van der Waals surface area contributed by atoms with Gasteiger partial charge in [-0.3, -0.25) is 4.90 Å². The summed E-state index contributed by atoms with van der Waals surface area (Å²) in [5.74, 6) is 2.24. The van der Waals surface area contributed by atoms with Crippen LogP contribution in [0.5, 0.6) is 0 Å². The summed E-state index contributed by atoms with van der Waals surface area (Å²) in [4.78, 5) is 14.4. The molecule has 0 spiro atoms. The molecule has 1 aliphatic rings. The highest BCUT2D eigenvalue weighted by Gasteiger charge is 2.13. The van der Waals surface area contributed by atoms with E-state index in [9.17, 15) is 0 Å². The van der Waals surface area contributed by atoms with Crippen molar-refractivity contribution in [1.29, 1.82) is 0 Å². The van der Waals surface area contributed by atoms with Crippen molar-refractivity contribution in [2.45, 2.75) is 38.6 Å². The van der Waals surface area contributed by atoms with Gasteiger partial charge in [0.1, 0.15) is 5.82 Å². The van der Waals surface area contributed by atoms with Crippen LogP contribution in [0.15, 0.2) is 41.2 Å². The Hall–Kier alpha value is -2.47. The maximum Gasteiger partial charge on any atom is 0.227 e. The first-order chi connectivity index (χ1) is 12.4. The number of rotatable bonds is 6. The van der Waals surface area contributed by atoms with Crippen LogP contribution in [-0.4, -0.2) is 38.1 Å². The van der Waals surface area contributed by atoms with Crippen molar-refractivity contribution in [2.75, 3.05) is 13.1 Å². The molecule has 1 N–H and O–H groups in total. The fourth-order valence-corrected chi connectivity index (χ4v) is 3.32. The summed E-state index contributed by atoms with van der Waals surface area (Å²) in [5, 5.41) is 4.14. The van der Waals surface area contributed by atoms with E-state index in [0.717, 1.165) is 24.4 Å². The molecule has 3 heterocycles. The fraction of sp³-hybridized carbons (Fsp3) is 0.421. The van der Waals surface area contributed by atoms with Crippen molar-refractivity contribution in [3.8, 4) is 11.4 Å². The van der Waals surface area contributed by atoms with Crippen molar-refractivity contribution in [3.05, 3.63) is 53.9 Å². The Bertz CT molecular complexity index is 790. The number of piperidine rings is 1. The van der Waals surface area contributed by atoms with E-state index < -0.39 is 0 Å². The number of hydrogen-bond donors (Lipinski definition) is 1. The zero-order valence-corrected chi connectivity index (χ0v) is 14.3. The Morgan fingerprint density at radius 1 is 1.12 bits per heavy atom. The minimum Gasteiger partial charge on any atom is -0.349 e. The molecule has 4 rings (SSSR count). The Labute approximate surface area is 147 Å². The van der Waals surface area contributed by atoms with E-state index in [1.165, 1.54) is 37.9 Å². The smallest absolute Gasteiger partial charge is 0.227 e. The van der Waals surface area contributed by atoms with Crippen molar-refractivity contribution in [3.63, 3.8) is 0 Å². The third-order valence-corrected chi connectivity index (χ3v) is 4.64. The average molecular weight is 337 g/mol. The molecule has 1 aliphatic heterocycles. The number of nitrogens with zero attached hydrogens (tertiary/aromatic N) is 4. The molecule has 0 aliphatic carbocycles. The lowest BCUT2D eigenvalue weighted by Crippen LogP contribution is -2.29. The molecular weight excluding hydrogens is 314 g/mol. The highest BCUT2D eigenvalue weighted by molar-refractivity contribution is 5.55. The molecule has 1 fully saturated rings. The maximum atomic E-state index is 5.39. The van der Waals surface area contributed by atoms with E-state index in [4.69, 9.17) is 4.52 Å². The van der Waals surface area contributed by atoms with Crippen molar-refractivity contribution in [1.82, 2.24) is 25.0 Å². The van der Waals surface area contributed by atoms with Crippen LogP contribution < -0.4 is 0 Å². The fourth-order valence-electron chi connectivity index (χ4n) is 3.32. The van der Waals surface area contributed by atoms with Crippen LogP contribution in [0.3, 0.4) is 0 Å². The molecule has 0 unspecified atom stereocenters. The van der Waals surface area contributed by atoms with Gasteiger partial charge >= 0.3 is 0 Å². The molecule has 0 amide bonds. The SMILES string of the molecule is c1cc(CN2CCCCC2)cc(-c2noc(CCc3ncc[nH]3)n2)c1. The lowest BCUT2D eigenvalue weighted by Gasteiger charge is -2.26. The van der Waals surface area contributed by atoms with Gasteiger partial charge in [0.25, 0.3) is 0 Å². The van der Waals surface area contributed by atoms with E-state index in [1.807, 2.05) is 12.3 Å². The standard InChI is InChI=1S/C19H23N5O/c1-2-11-24(12-3-1)14-15-5-4-6-16(13-15)19-22-18(25-23-19)8-7-17-20-9-10-21-17/h4-6,9-10,13H,1-3,7-8,11-12,14H2,(H,20,21). The number of aromatic amines is 1. The molecule has 3 aromatic rings. The molecule has 6 heteroatoms. The first kappa shape index (κ1) is 16.0. The lowest BCUT2D eigenvalue weighted by molar-refractivity contribution is 0.221. The monoisotopic (exact) mass is 337 g/mol. The molecule has 0 bridgehead atoms. The van der Waals surface area contributed by atoms with Crippen LogP contribution in [0, 0.1) is 0 Å². The van der Waals surface area contributed by atoms with E-state index in [1.54, 1.807) is 6.20 Å². The summed E-state index contributed by atoms with van der Waals surface area (Å²) >= 11 is 0. The highest BCUT2D eigenvalue weighted by Crippen LogP contribution is 2.20. The summed E-state index contributed by atoms with van der Waals surface area (Å²) in [6.45, 7) is 3.39. The van der Waals surface area contributed by atoms with Gasteiger partial charge < -0.3 is 9.51 Å². The van der Waals surface area contributed by atoms with Gasteiger partial charge in [-0.2, -0.15) is 4.98 Å². The Morgan fingerprint density at radius 3 is 2.88 bits per heavy atom. The van der Waals surface area contributed by atoms with Gasteiger partial charge in [-0.15, -0.1) is 0 Å². The minimum absolute atomic E-state index is 0.646. The van der Waals surface area contributed by atoms with E-state index in [2.05, 4.69) is 43.2 Å². The Kier molecular flexibility index (Phi) is 4.88. The molecule has 1 saturated heterocycles. The van der Waals surface area contributed by atoms with Crippen LogP contribution >= 0.6 is 0 Å². The first-order valence-corrected chi connectivity index (χ1v) is 8.99. The topological polar surface area (TPSA) is 70.8 Å². The second-order valence-corrected chi connectivity index (χ2v) is 6.58. The number of hydrogen-bond acceptors (Lipinski definition) is 5. The molecule has 0 atom stereocenters. The van der Waals surface area contributed by atoms with Gasteiger partial charge in [0.05, 0.1) is 0 Å².